The molecule has 1 aliphatic rings. The lowest BCUT2D eigenvalue weighted by atomic mass is 10.3. The molecule has 2 heterocycles. The lowest BCUT2D eigenvalue weighted by Crippen LogP contribution is -2.37. The number of halogens is 2. The number of nitrogens with zero attached hydrogens (tertiary/aromatic N) is 4. The maximum Gasteiger partial charge on any atom is 0.233 e. The molecule has 0 aliphatic carbocycles. The summed E-state index contributed by atoms with van der Waals surface area (Å²) in [5, 5.41) is 6.05. The van der Waals surface area contributed by atoms with Gasteiger partial charge >= 0.3 is 0 Å². The van der Waals surface area contributed by atoms with Gasteiger partial charge in [0, 0.05) is 24.5 Å². The van der Waals surface area contributed by atoms with Crippen molar-refractivity contribution in [1.29, 1.82) is 0 Å². The first-order valence-corrected chi connectivity index (χ1v) is 8.80. The van der Waals surface area contributed by atoms with E-state index in [9.17, 15) is 8.78 Å². The Bertz CT molecular complexity index is 947. The zero-order chi connectivity index (χ0) is 19.3. The molecule has 1 aromatic heterocycles. The van der Waals surface area contributed by atoms with Crippen molar-refractivity contribution in [2.24, 2.45) is 0 Å². The molecule has 0 atom stereocenters. The second-order valence-electron chi connectivity index (χ2n) is 6.15. The molecule has 0 radical (unpaired) electrons. The molecule has 2 N–H and O–H groups in total. The first-order chi connectivity index (χ1) is 13.7. The van der Waals surface area contributed by atoms with Crippen LogP contribution in [0.2, 0.25) is 0 Å². The number of hydrogen-bond donors (Lipinski definition) is 2. The van der Waals surface area contributed by atoms with Crippen LogP contribution in [0.15, 0.2) is 48.5 Å². The van der Waals surface area contributed by atoms with Crippen molar-refractivity contribution in [2.45, 2.75) is 0 Å². The number of hydrogen-bond acceptors (Lipinski definition) is 7. The van der Waals surface area contributed by atoms with E-state index >= 15 is 0 Å². The van der Waals surface area contributed by atoms with Crippen LogP contribution in [0.1, 0.15) is 0 Å². The summed E-state index contributed by atoms with van der Waals surface area (Å²) >= 11 is 0. The molecule has 0 amide bonds. The van der Waals surface area contributed by atoms with Crippen molar-refractivity contribution in [1.82, 2.24) is 15.0 Å². The van der Waals surface area contributed by atoms with Gasteiger partial charge in [0.25, 0.3) is 0 Å². The van der Waals surface area contributed by atoms with Crippen LogP contribution in [-0.2, 0) is 4.74 Å². The fourth-order valence-electron chi connectivity index (χ4n) is 2.74. The van der Waals surface area contributed by atoms with E-state index in [1.54, 1.807) is 24.3 Å². The highest BCUT2D eigenvalue weighted by Crippen LogP contribution is 2.21. The largest absolute Gasteiger partial charge is 0.378 e. The summed E-state index contributed by atoms with van der Waals surface area (Å²) in [6, 6.07) is 11.9. The van der Waals surface area contributed by atoms with Crippen LogP contribution < -0.4 is 15.5 Å². The van der Waals surface area contributed by atoms with Gasteiger partial charge in [-0.1, -0.05) is 6.07 Å². The average molecular weight is 384 g/mol. The summed E-state index contributed by atoms with van der Waals surface area (Å²) in [5.41, 5.74) is 1.16. The summed E-state index contributed by atoms with van der Waals surface area (Å²) < 4.78 is 32.0. The Morgan fingerprint density at radius 3 is 2.14 bits per heavy atom. The molecule has 0 bridgehead atoms. The van der Waals surface area contributed by atoms with E-state index in [-0.39, 0.29) is 17.6 Å². The Kier molecular flexibility index (Phi) is 5.24. The minimum absolute atomic E-state index is 0.270. The van der Waals surface area contributed by atoms with E-state index < -0.39 is 0 Å². The number of rotatable bonds is 5. The first-order valence-electron chi connectivity index (χ1n) is 8.80. The molecule has 1 aliphatic heterocycles. The van der Waals surface area contributed by atoms with Crippen LogP contribution in [-0.4, -0.2) is 41.3 Å². The third-order valence-electron chi connectivity index (χ3n) is 4.10. The average Bonchev–Trinajstić information content (AvgIpc) is 2.70. The van der Waals surface area contributed by atoms with Crippen molar-refractivity contribution in [3.05, 3.63) is 60.2 Å². The maximum absolute atomic E-state index is 13.5. The van der Waals surface area contributed by atoms with Gasteiger partial charge in [0.2, 0.25) is 17.8 Å². The molecule has 7 nitrogen and oxygen atoms in total. The number of morpholine rings is 1. The zero-order valence-electron chi connectivity index (χ0n) is 14.9. The molecule has 0 unspecified atom stereocenters. The van der Waals surface area contributed by atoms with E-state index in [4.69, 9.17) is 4.74 Å². The van der Waals surface area contributed by atoms with Crippen LogP contribution in [0.3, 0.4) is 0 Å². The van der Waals surface area contributed by atoms with Gasteiger partial charge in [0.1, 0.15) is 11.6 Å². The Balaban J connectivity index is 1.64. The first kappa shape index (κ1) is 18.1. The number of nitrogens with one attached hydrogen (secondary N) is 2. The fraction of sp³-hybridized carbons (Fsp3) is 0.211. The Hall–Kier alpha value is -3.33. The van der Waals surface area contributed by atoms with E-state index in [0.29, 0.717) is 49.6 Å². The van der Waals surface area contributed by atoms with Gasteiger partial charge in [-0.05, 0) is 42.5 Å². The molecule has 0 spiro atoms. The van der Waals surface area contributed by atoms with Gasteiger partial charge in [-0.25, -0.2) is 8.78 Å². The standard InChI is InChI=1S/C19H18F2N6O/c20-13-4-6-15(7-5-13)22-17-24-18(23-16-3-1-2-14(21)12-16)26-19(25-17)27-8-10-28-11-9-27/h1-7,12H,8-11H2,(H2,22,23,24,25,26). The van der Waals surface area contributed by atoms with Crippen LogP contribution in [0.25, 0.3) is 0 Å². The zero-order valence-corrected chi connectivity index (χ0v) is 14.9. The summed E-state index contributed by atoms with van der Waals surface area (Å²) in [5.74, 6) is 0.344. The fourth-order valence-corrected chi connectivity index (χ4v) is 2.74. The van der Waals surface area contributed by atoms with E-state index in [1.165, 1.54) is 24.3 Å². The predicted molar refractivity (Wildman–Crippen MR) is 102 cm³/mol. The van der Waals surface area contributed by atoms with Crippen molar-refractivity contribution >= 4 is 29.2 Å². The molecule has 4 rings (SSSR count). The highest BCUT2D eigenvalue weighted by atomic mass is 19.1. The maximum atomic E-state index is 13.5. The smallest absolute Gasteiger partial charge is 0.233 e. The van der Waals surface area contributed by atoms with E-state index in [1.807, 2.05) is 4.90 Å². The molecule has 28 heavy (non-hydrogen) atoms. The minimum Gasteiger partial charge on any atom is -0.378 e. The topological polar surface area (TPSA) is 75.2 Å². The van der Waals surface area contributed by atoms with Crippen molar-refractivity contribution in [3.63, 3.8) is 0 Å². The van der Waals surface area contributed by atoms with Crippen molar-refractivity contribution in [3.8, 4) is 0 Å². The molecule has 3 aromatic rings. The third kappa shape index (κ3) is 4.49. The molecule has 2 aromatic carbocycles. The predicted octanol–water partition coefficient (Wildman–Crippen LogP) is 3.47. The summed E-state index contributed by atoms with van der Waals surface area (Å²) in [4.78, 5) is 15.3. The van der Waals surface area contributed by atoms with Gasteiger partial charge in [-0.3, -0.25) is 0 Å². The van der Waals surface area contributed by atoms with Gasteiger partial charge in [-0.2, -0.15) is 15.0 Å². The Morgan fingerprint density at radius 2 is 1.46 bits per heavy atom. The number of anilines is 5. The summed E-state index contributed by atoms with van der Waals surface area (Å²) in [7, 11) is 0. The normalized spacial score (nSPS) is 14.0. The molecular formula is C19H18F2N6O. The molecule has 0 saturated carbocycles. The Morgan fingerprint density at radius 1 is 0.786 bits per heavy atom. The van der Waals surface area contributed by atoms with E-state index in [2.05, 4.69) is 25.6 Å². The van der Waals surface area contributed by atoms with Crippen LogP contribution in [0.5, 0.6) is 0 Å². The second kappa shape index (κ2) is 8.13. The van der Waals surface area contributed by atoms with Gasteiger partial charge in [0.15, 0.2) is 0 Å². The highest BCUT2D eigenvalue weighted by molar-refractivity contribution is 5.59. The van der Waals surface area contributed by atoms with Crippen molar-refractivity contribution in [2.75, 3.05) is 41.8 Å². The lowest BCUT2D eigenvalue weighted by Gasteiger charge is -2.27. The van der Waals surface area contributed by atoms with Crippen molar-refractivity contribution < 1.29 is 13.5 Å². The molecule has 1 saturated heterocycles. The SMILES string of the molecule is Fc1ccc(Nc2nc(Nc3cccc(F)c3)nc(N3CCOCC3)n2)cc1. The summed E-state index contributed by atoms with van der Waals surface area (Å²) in [6.45, 7) is 2.47. The highest BCUT2D eigenvalue weighted by Gasteiger charge is 2.17. The van der Waals surface area contributed by atoms with Crippen LogP contribution in [0.4, 0.5) is 38.0 Å². The van der Waals surface area contributed by atoms with Gasteiger partial charge in [-0.15, -0.1) is 0 Å². The quantitative estimate of drug-likeness (QED) is 0.698. The molecular weight excluding hydrogens is 366 g/mol. The molecule has 144 valence electrons. The second-order valence-corrected chi connectivity index (χ2v) is 6.15. The lowest BCUT2D eigenvalue weighted by molar-refractivity contribution is 0.122. The number of aromatic nitrogens is 3. The van der Waals surface area contributed by atoms with Gasteiger partial charge < -0.3 is 20.3 Å². The molecule has 9 heteroatoms. The van der Waals surface area contributed by atoms with E-state index in [0.717, 1.165) is 0 Å². The third-order valence-corrected chi connectivity index (χ3v) is 4.10. The van der Waals surface area contributed by atoms with Crippen LogP contribution in [0, 0.1) is 11.6 Å². The molecule has 1 fully saturated rings. The summed E-state index contributed by atoms with van der Waals surface area (Å²) in [6.07, 6.45) is 0. The Labute approximate surface area is 160 Å². The number of ether oxygens (including phenoxy) is 1. The monoisotopic (exact) mass is 384 g/mol. The minimum atomic E-state index is -0.364. The van der Waals surface area contributed by atoms with Gasteiger partial charge in [0.05, 0.1) is 13.2 Å². The van der Waals surface area contributed by atoms with Crippen LogP contribution >= 0.6 is 0 Å². The number of benzene rings is 2.